The van der Waals surface area contributed by atoms with Crippen molar-refractivity contribution in [1.29, 1.82) is 0 Å². The highest BCUT2D eigenvalue weighted by molar-refractivity contribution is 7.80. The molecule has 0 aliphatic carbocycles. The third-order valence-electron chi connectivity index (χ3n) is 5.90. The van der Waals surface area contributed by atoms with E-state index < -0.39 is 11.3 Å². The minimum Gasteiger partial charge on any atom is -0.755 e. The van der Waals surface area contributed by atoms with Crippen LogP contribution < -0.4 is 9.62 Å². The Balaban J connectivity index is 1.63. The van der Waals surface area contributed by atoms with Crippen LogP contribution in [0.1, 0.15) is 30.1 Å². The van der Waals surface area contributed by atoms with Gasteiger partial charge < -0.3 is 19.5 Å². The molecule has 8 nitrogen and oxygen atoms in total. The maximum Gasteiger partial charge on any atom is 0.409 e. The van der Waals surface area contributed by atoms with Gasteiger partial charge in [0.2, 0.25) is 0 Å². The second kappa shape index (κ2) is 10.7. The maximum absolute atomic E-state index is 13.0. The fraction of sp³-hybridized carbons (Fsp3) is 0.280. The highest BCUT2D eigenvalue weighted by Gasteiger charge is 2.29. The van der Waals surface area contributed by atoms with Crippen LogP contribution in [-0.4, -0.2) is 51.4 Å². The zero-order valence-electron chi connectivity index (χ0n) is 18.8. The summed E-state index contributed by atoms with van der Waals surface area (Å²) in [5.41, 5.74) is 1.64. The molecule has 0 radical (unpaired) electrons. The smallest absolute Gasteiger partial charge is 0.409 e. The van der Waals surface area contributed by atoms with Gasteiger partial charge in [0.1, 0.15) is 0 Å². The zero-order valence-corrected chi connectivity index (χ0v) is 19.6. The quantitative estimate of drug-likeness (QED) is 0.530. The van der Waals surface area contributed by atoms with Crippen LogP contribution in [0.5, 0.6) is 0 Å². The Morgan fingerprint density at radius 3 is 2.38 bits per heavy atom. The minimum atomic E-state index is -2.53. The van der Waals surface area contributed by atoms with Gasteiger partial charge in [0, 0.05) is 47.0 Å². The summed E-state index contributed by atoms with van der Waals surface area (Å²) in [4.78, 5) is 26.6. The zero-order chi connectivity index (χ0) is 24.1. The molecule has 4 rings (SSSR count). The van der Waals surface area contributed by atoms with E-state index in [1.54, 1.807) is 48.2 Å². The lowest BCUT2D eigenvalue weighted by atomic mass is 10.00. The van der Waals surface area contributed by atoms with E-state index in [4.69, 9.17) is 4.74 Å². The lowest BCUT2D eigenvalue weighted by molar-refractivity contribution is 0.0975. The molecule has 1 unspecified atom stereocenters. The van der Waals surface area contributed by atoms with Crippen LogP contribution in [0.15, 0.2) is 66.7 Å². The third-order valence-corrected chi connectivity index (χ3v) is 6.71. The maximum atomic E-state index is 13.0. The van der Waals surface area contributed by atoms with Crippen LogP contribution in [-0.2, 0) is 16.0 Å². The van der Waals surface area contributed by atoms with Crippen molar-refractivity contribution in [2.45, 2.75) is 25.8 Å². The fourth-order valence-electron chi connectivity index (χ4n) is 4.30. The molecule has 1 aliphatic heterocycles. The van der Waals surface area contributed by atoms with Crippen LogP contribution in [0, 0.1) is 0 Å². The highest BCUT2D eigenvalue weighted by atomic mass is 32.2. The molecule has 0 aromatic heterocycles. The predicted octanol–water partition coefficient (Wildman–Crippen LogP) is 4.31. The van der Waals surface area contributed by atoms with Gasteiger partial charge in [0.25, 0.3) is 5.91 Å². The topological polar surface area (TPSA) is 102 Å². The Labute approximate surface area is 200 Å². The molecule has 3 aromatic carbocycles. The Morgan fingerprint density at radius 2 is 1.71 bits per heavy atom. The molecular formula is C25H26N3O5S-. The van der Waals surface area contributed by atoms with Gasteiger partial charge in [-0.3, -0.25) is 13.3 Å². The molecule has 1 N–H and O–H groups in total. The first kappa shape index (κ1) is 23.7. The van der Waals surface area contributed by atoms with Crippen LogP contribution in [0.3, 0.4) is 0 Å². The molecule has 0 spiro atoms. The van der Waals surface area contributed by atoms with Crippen LogP contribution in [0.25, 0.3) is 10.8 Å². The number of fused-ring (bicyclic) bond motifs is 1. The van der Waals surface area contributed by atoms with Crippen molar-refractivity contribution in [1.82, 2.24) is 4.90 Å². The first-order valence-corrected chi connectivity index (χ1v) is 12.2. The number of hydrogen-bond acceptors (Lipinski definition) is 5. The molecule has 178 valence electrons. The van der Waals surface area contributed by atoms with Gasteiger partial charge in [0.05, 0.1) is 12.3 Å². The molecule has 1 fully saturated rings. The van der Waals surface area contributed by atoms with Crippen LogP contribution in [0.4, 0.5) is 16.2 Å². The number of carbonyl (C=O) groups is 2. The monoisotopic (exact) mass is 480 g/mol. The normalized spacial score (nSPS) is 15.1. The van der Waals surface area contributed by atoms with E-state index in [2.05, 4.69) is 5.32 Å². The average Bonchev–Trinajstić information content (AvgIpc) is 2.85. The van der Waals surface area contributed by atoms with Crippen molar-refractivity contribution in [2.75, 3.05) is 29.3 Å². The highest BCUT2D eigenvalue weighted by Crippen LogP contribution is 2.33. The summed E-state index contributed by atoms with van der Waals surface area (Å²) in [5, 5.41) is 4.21. The summed E-state index contributed by atoms with van der Waals surface area (Å²) in [7, 11) is 0. The minimum absolute atomic E-state index is 0.272. The van der Waals surface area contributed by atoms with Crippen molar-refractivity contribution in [3.05, 3.63) is 72.3 Å². The van der Waals surface area contributed by atoms with Gasteiger partial charge in [0.15, 0.2) is 0 Å². The molecule has 34 heavy (non-hydrogen) atoms. The predicted molar refractivity (Wildman–Crippen MR) is 131 cm³/mol. The van der Waals surface area contributed by atoms with Gasteiger partial charge in [-0.25, -0.2) is 4.79 Å². The molecule has 1 aliphatic rings. The Bertz CT molecular complexity index is 1200. The van der Waals surface area contributed by atoms with Crippen molar-refractivity contribution >= 4 is 45.4 Å². The molecule has 3 aromatic rings. The van der Waals surface area contributed by atoms with E-state index in [9.17, 15) is 18.4 Å². The Morgan fingerprint density at radius 1 is 1.03 bits per heavy atom. The number of carbonyl (C=O) groups excluding carboxylic acids is 2. The number of likely N-dealkylation sites (tertiary alicyclic amines) is 1. The van der Waals surface area contributed by atoms with E-state index in [0.29, 0.717) is 60.2 Å². The lowest BCUT2D eigenvalue weighted by Gasteiger charge is -2.40. The SMILES string of the molecule is CCOC(=O)N1CCC(N(c2cccc3c(C(=O)Nc4ccccc4)cccc23)S(=O)[O-])CC1. The van der Waals surface area contributed by atoms with Gasteiger partial charge in [-0.1, -0.05) is 42.5 Å². The summed E-state index contributed by atoms with van der Waals surface area (Å²) in [6.07, 6.45) is 0.587. The first-order chi connectivity index (χ1) is 16.5. The molecular weight excluding hydrogens is 454 g/mol. The van der Waals surface area contributed by atoms with Crippen molar-refractivity contribution < 1.29 is 23.1 Å². The molecule has 9 heteroatoms. The largest absolute Gasteiger partial charge is 0.755 e. The standard InChI is InChI=1S/C25H27N3O5S/c1-2-33-25(30)27-16-14-19(15-17-27)28(34(31)32)23-13-7-10-20-21(23)11-6-12-22(20)24(29)26-18-8-4-3-5-9-18/h3-13,19H,2,14-17H2,1H3,(H,26,29)(H,31,32)/p-1. The molecule has 1 heterocycles. The number of piperidine rings is 1. The second-order valence-corrected chi connectivity index (χ2v) is 8.79. The number of ether oxygens (including phenoxy) is 1. The molecule has 0 bridgehead atoms. The van der Waals surface area contributed by atoms with E-state index in [0.717, 1.165) is 0 Å². The number of benzene rings is 3. The molecule has 1 saturated heterocycles. The molecule has 1 atom stereocenters. The van der Waals surface area contributed by atoms with Gasteiger partial charge in [-0.15, -0.1) is 0 Å². The second-order valence-electron chi connectivity index (χ2n) is 7.96. The number of para-hydroxylation sites is 1. The number of nitrogens with zero attached hydrogens (tertiary/aromatic N) is 2. The van der Waals surface area contributed by atoms with Crippen LogP contribution in [0.2, 0.25) is 0 Å². The molecule has 0 saturated carbocycles. The number of amides is 2. The van der Waals surface area contributed by atoms with Crippen molar-refractivity contribution in [3.8, 4) is 0 Å². The molecule has 2 amide bonds. The summed E-state index contributed by atoms with van der Waals surface area (Å²) in [6, 6.07) is 19.5. The number of nitrogens with one attached hydrogen (secondary N) is 1. The number of anilines is 2. The number of hydrogen-bond donors (Lipinski definition) is 1. The van der Waals surface area contributed by atoms with Crippen molar-refractivity contribution in [3.63, 3.8) is 0 Å². The summed E-state index contributed by atoms with van der Waals surface area (Å²) < 4.78 is 31.1. The summed E-state index contributed by atoms with van der Waals surface area (Å²) in [5.74, 6) is -0.272. The van der Waals surface area contributed by atoms with Gasteiger partial charge in [-0.05, 0) is 49.4 Å². The fourth-order valence-corrected chi connectivity index (χ4v) is 5.07. The van der Waals surface area contributed by atoms with E-state index in [1.165, 1.54) is 4.31 Å². The Hall–Kier alpha value is -3.43. The summed E-state index contributed by atoms with van der Waals surface area (Å²) >= 11 is -2.53. The lowest BCUT2D eigenvalue weighted by Crippen LogP contribution is -2.47. The van der Waals surface area contributed by atoms with Crippen molar-refractivity contribution in [2.24, 2.45) is 0 Å². The van der Waals surface area contributed by atoms with E-state index in [1.807, 2.05) is 30.3 Å². The van der Waals surface area contributed by atoms with Crippen LogP contribution >= 0.6 is 0 Å². The summed E-state index contributed by atoms with van der Waals surface area (Å²) in [6.45, 7) is 2.87. The Kier molecular flexibility index (Phi) is 7.44. The van der Waals surface area contributed by atoms with E-state index in [-0.39, 0.29) is 18.0 Å². The third kappa shape index (κ3) is 5.05. The van der Waals surface area contributed by atoms with Gasteiger partial charge >= 0.3 is 6.09 Å². The average molecular weight is 481 g/mol. The number of rotatable bonds is 6. The first-order valence-electron chi connectivity index (χ1n) is 11.2. The van der Waals surface area contributed by atoms with E-state index >= 15 is 0 Å². The van der Waals surface area contributed by atoms with Gasteiger partial charge in [-0.2, -0.15) is 0 Å².